The van der Waals surface area contributed by atoms with Gasteiger partial charge in [-0.25, -0.2) is 4.98 Å². The highest BCUT2D eigenvalue weighted by Gasteiger charge is 2.02. The van der Waals surface area contributed by atoms with Crippen LogP contribution >= 0.6 is 0 Å². The smallest absolute Gasteiger partial charge is 0.146 e. The molecule has 0 fully saturated rings. The van der Waals surface area contributed by atoms with E-state index in [0.717, 1.165) is 22.2 Å². The Bertz CT molecular complexity index is 644. The van der Waals surface area contributed by atoms with E-state index in [9.17, 15) is 0 Å². The van der Waals surface area contributed by atoms with Crippen molar-refractivity contribution in [3.8, 4) is 5.75 Å². The number of hydrogen-bond donors (Lipinski definition) is 0. The molecule has 0 aliphatic heterocycles. The van der Waals surface area contributed by atoms with Crippen molar-refractivity contribution < 1.29 is 4.74 Å². The van der Waals surface area contributed by atoms with Crippen molar-refractivity contribution >= 4 is 10.9 Å². The van der Waals surface area contributed by atoms with Gasteiger partial charge in [-0.15, -0.1) is 0 Å². The van der Waals surface area contributed by atoms with Crippen LogP contribution in [0.2, 0.25) is 0 Å². The molecule has 0 aliphatic rings. The van der Waals surface area contributed by atoms with Gasteiger partial charge >= 0.3 is 0 Å². The standard InChI is InChI=1S/C16H12NO/c1-2-6-13(7-3-1)12-18-15-10-4-8-14-9-5-11-17-16(14)15/h1-10H,12H2. The van der Waals surface area contributed by atoms with Gasteiger partial charge in [0.15, 0.2) is 0 Å². The van der Waals surface area contributed by atoms with Crippen LogP contribution in [0.1, 0.15) is 5.56 Å². The van der Waals surface area contributed by atoms with Gasteiger partial charge in [0, 0.05) is 5.39 Å². The Labute approximate surface area is 106 Å². The molecule has 1 heterocycles. The molecule has 2 nitrogen and oxygen atoms in total. The maximum Gasteiger partial charge on any atom is 0.146 e. The topological polar surface area (TPSA) is 22.1 Å². The van der Waals surface area contributed by atoms with Crippen LogP contribution in [0.15, 0.2) is 60.7 Å². The molecule has 2 heteroatoms. The summed E-state index contributed by atoms with van der Waals surface area (Å²) in [7, 11) is 0. The molecule has 0 atom stereocenters. The normalized spacial score (nSPS) is 10.4. The molecule has 0 unspecified atom stereocenters. The van der Waals surface area contributed by atoms with Gasteiger partial charge in [-0.2, -0.15) is 0 Å². The predicted octanol–water partition coefficient (Wildman–Crippen LogP) is 3.61. The maximum absolute atomic E-state index is 5.82. The van der Waals surface area contributed by atoms with Gasteiger partial charge in [0.1, 0.15) is 17.9 Å². The highest BCUT2D eigenvalue weighted by Crippen LogP contribution is 2.23. The fraction of sp³-hybridized carbons (Fsp3) is 0.0625. The van der Waals surface area contributed by atoms with Crippen LogP contribution in [0.5, 0.6) is 5.75 Å². The van der Waals surface area contributed by atoms with Crippen LogP contribution < -0.4 is 4.74 Å². The number of benzene rings is 2. The Hall–Kier alpha value is -2.35. The second kappa shape index (κ2) is 4.88. The van der Waals surface area contributed by atoms with E-state index in [0.29, 0.717) is 6.61 Å². The van der Waals surface area contributed by atoms with Crippen LogP contribution in [0.3, 0.4) is 0 Å². The largest absolute Gasteiger partial charge is 0.487 e. The minimum Gasteiger partial charge on any atom is -0.487 e. The number of nitrogens with zero attached hydrogens (tertiary/aromatic N) is 1. The molecule has 0 saturated heterocycles. The number of para-hydroxylation sites is 1. The van der Waals surface area contributed by atoms with Gasteiger partial charge in [-0.05, 0) is 17.7 Å². The lowest BCUT2D eigenvalue weighted by atomic mass is 10.2. The summed E-state index contributed by atoms with van der Waals surface area (Å²) in [6, 6.07) is 19.8. The Morgan fingerprint density at radius 3 is 2.72 bits per heavy atom. The molecule has 3 aromatic rings. The zero-order valence-corrected chi connectivity index (χ0v) is 9.84. The van der Waals surface area contributed by atoms with Crippen LogP contribution in [-0.2, 0) is 6.61 Å². The zero-order chi connectivity index (χ0) is 12.2. The lowest BCUT2D eigenvalue weighted by molar-refractivity contribution is 0.309. The predicted molar refractivity (Wildman–Crippen MR) is 71.4 cm³/mol. The summed E-state index contributed by atoms with van der Waals surface area (Å²) in [5, 5.41) is 1.07. The van der Waals surface area contributed by atoms with E-state index in [1.54, 1.807) is 0 Å². The van der Waals surface area contributed by atoms with Crippen molar-refractivity contribution in [1.82, 2.24) is 4.98 Å². The number of ether oxygens (including phenoxy) is 1. The van der Waals surface area contributed by atoms with Gasteiger partial charge in [-0.1, -0.05) is 48.5 Å². The molecule has 18 heavy (non-hydrogen) atoms. The average Bonchev–Trinajstić information content (AvgIpc) is 2.46. The van der Waals surface area contributed by atoms with Gasteiger partial charge < -0.3 is 4.74 Å². The number of hydrogen-bond acceptors (Lipinski definition) is 2. The molecule has 3 rings (SSSR count). The third-order valence-electron chi connectivity index (χ3n) is 2.78. The van der Waals surface area contributed by atoms with Crippen molar-refractivity contribution in [2.24, 2.45) is 0 Å². The van der Waals surface area contributed by atoms with Crippen molar-refractivity contribution in [3.05, 3.63) is 72.4 Å². The SMILES string of the molecule is [c]1ccc2cccc(OCc3ccccc3)c2n1. The minimum atomic E-state index is 0.552. The highest BCUT2D eigenvalue weighted by molar-refractivity contribution is 5.84. The molecule has 2 aromatic carbocycles. The summed E-state index contributed by atoms with van der Waals surface area (Å²) in [6.07, 6.45) is 2.84. The summed E-state index contributed by atoms with van der Waals surface area (Å²) in [5.41, 5.74) is 2.00. The van der Waals surface area contributed by atoms with Gasteiger partial charge in [0.25, 0.3) is 0 Å². The fourth-order valence-corrected chi connectivity index (χ4v) is 1.87. The van der Waals surface area contributed by atoms with Crippen molar-refractivity contribution in [2.75, 3.05) is 0 Å². The fourth-order valence-electron chi connectivity index (χ4n) is 1.87. The summed E-state index contributed by atoms with van der Waals surface area (Å²) < 4.78 is 5.82. The quantitative estimate of drug-likeness (QED) is 0.690. The molecular formula is C16H12NO. The molecular weight excluding hydrogens is 222 g/mol. The number of rotatable bonds is 3. The van der Waals surface area contributed by atoms with Crippen molar-refractivity contribution in [3.63, 3.8) is 0 Å². The average molecular weight is 234 g/mol. The van der Waals surface area contributed by atoms with Crippen molar-refractivity contribution in [1.29, 1.82) is 0 Å². The first-order valence-electron chi connectivity index (χ1n) is 5.86. The first-order valence-corrected chi connectivity index (χ1v) is 5.86. The Morgan fingerprint density at radius 2 is 1.83 bits per heavy atom. The third kappa shape index (κ3) is 2.18. The zero-order valence-electron chi connectivity index (χ0n) is 9.84. The number of pyridine rings is 1. The van der Waals surface area contributed by atoms with E-state index < -0.39 is 0 Å². The monoisotopic (exact) mass is 234 g/mol. The van der Waals surface area contributed by atoms with Gasteiger partial charge in [0.2, 0.25) is 0 Å². The van der Waals surface area contributed by atoms with E-state index in [4.69, 9.17) is 4.74 Å². The first kappa shape index (κ1) is 10.8. The lowest BCUT2D eigenvalue weighted by Gasteiger charge is -2.08. The van der Waals surface area contributed by atoms with E-state index in [-0.39, 0.29) is 0 Å². The Morgan fingerprint density at radius 1 is 0.944 bits per heavy atom. The molecule has 0 aliphatic carbocycles. The second-order valence-corrected chi connectivity index (χ2v) is 4.04. The van der Waals surface area contributed by atoms with Crippen molar-refractivity contribution in [2.45, 2.75) is 6.61 Å². The molecule has 0 spiro atoms. The molecule has 0 bridgehead atoms. The number of aromatic nitrogens is 1. The summed E-state index contributed by atoms with van der Waals surface area (Å²) in [6.45, 7) is 0.552. The second-order valence-electron chi connectivity index (χ2n) is 4.04. The Balaban J connectivity index is 1.87. The molecule has 1 aromatic heterocycles. The summed E-state index contributed by atoms with van der Waals surface area (Å²) in [5.74, 6) is 0.799. The lowest BCUT2D eigenvalue weighted by Crippen LogP contribution is -1.96. The van der Waals surface area contributed by atoms with E-state index >= 15 is 0 Å². The molecule has 0 N–H and O–H groups in total. The minimum absolute atomic E-state index is 0.552. The van der Waals surface area contributed by atoms with Crippen LogP contribution in [0.25, 0.3) is 10.9 Å². The first-order chi connectivity index (χ1) is 8.93. The third-order valence-corrected chi connectivity index (χ3v) is 2.78. The Kier molecular flexibility index (Phi) is 2.92. The summed E-state index contributed by atoms with van der Waals surface area (Å²) >= 11 is 0. The molecule has 1 radical (unpaired) electrons. The van der Waals surface area contributed by atoms with Crippen LogP contribution in [-0.4, -0.2) is 4.98 Å². The van der Waals surface area contributed by atoms with Crippen LogP contribution in [0, 0.1) is 6.20 Å². The van der Waals surface area contributed by atoms with E-state index in [1.165, 1.54) is 0 Å². The van der Waals surface area contributed by atoms with Gasteiger partial charge in [0.05, 0.1) is 6.20 Å². The van der Waals surface area contributed by atoms with E-state index in [2.05, 4.69) is 11.2 Å². The molecule has 0 saturated carbocycles. The maximum atomic E-state index is 5.82. The van der Waals surface area contributed by atoms with Gasteiger partial charge in [-0.3, -0.25) is 0 Å². The highest BCUT2D eigenvalue weighted by atomic mass is 16.5. The molecule has 87 valence electrons. The van der Waals surface area contributed by atoms with Crippen LogP contribution in [0.4, 0.5) is 0 Å². The summed E-state index contributed by atoms with van der Waals surface area (Å²) in [4.78, 5) is 4.24. The number of fused-ring (bicyclic) bond motifs is 1. The van der Waals surface area contributed by atoms with E-state index in [1.807, 2.05) is 60.7 Å². The molecule has 0 amide bonds.